The minimum absolute atomic E-state index is 0.260. The van der Waals surface area contributed by atoms with E-state index in [1.54, 1.807) is 9.58 Å². The molecule has 0 radical (unpaired) electrons. The average Bonchev–Trinajstić information content (AvgIpc) is 2.94. The van der Waals surface area contributed by atoms with Gasteiger partial charge in [0.05, 0.1) is 24.4 Å². The highest BCUT2D eigenvalue weighted by Crippen LogP contribution is 2.26. The fraction of sp³-hybridized carbons (Fsp3) is 0.500. The molecule has 0 unspecified atom stereocenters. The molecule has 0 saturated carbocycles. The van der Waals surface area contributed by atoms with Gasteiger partial charge in [-0.05, 0) is 39.8 Å². The van der Waals surface area contributed by atoms with E-state index in [9.17, 15) is 4.79 Å². The Hall–Kier alpha value is -2.74. The molecule has 2 aromatic rings. The van der Waals surface area contributed by atoms with Crippen molar-refractivity contribution >= 4 is 11.9 Å². The molecule has 28 heavy (non-hydrogen) atoms. The Morgan fingerprint density at radius 1 is 1.32 bits per heavy atom. The number of carbonyl (C=O) groups is 1. The summed E-state index contributed by atoms with van der Waals surface area (Å²) in [5.74, 6) is 0.987. The Morgan fingerprint density at radius 3 is 2.71 bits per heavy atom. The van der Waals surface area contributed by atoms with Crippen LogP contribution in [0.25, 0.3) is 5.69 Å². The predicted molar refractivity (Wildman–Crippen MR) is 106 cm³/mol. The molecule has 1 saturated heterocycles. The molecule has 3 rings (SSSR count). The van der Waals surface area contributed by atoms with Gasteiger partial charge >= 0.3 is 6.09 Å². The monoisotopic (exact) mass is 388 g/mol. The van der Waals surface area contributed by atoms with E-state index < -0.39 is 5.60 Å². The Morgan fingerprint density at radius 2 is 2.04 bits per heavy atom. The number of morpholine rings is 1. The number of rotatable bonds is 4. The van der Waals surface area contributed by atoms with Gasteiger partial charge in [0.15, 0.2) is 0 Å². The summed E-state index contributed by atoms with van der Waals surface area (Å²) in [5, 5.41) is 4.48. The van der Waals surface area contributed by atoms with Gasteiger partial charge in [-0.25, -0.2) is 9.48 Å². The summed E-state index contributed by atoms with van der Waals surface area (Å²) in [6.07, 6.45) is -0.599. The van der Waals surface area contributed by atoms with E-state index in [0.29, 0.717) is 31.4 Å². The number of anilines is 1. The van der Waals surface area contributed by atoms with Crippen LogP contribution in [-0.4, -0.2) is 58.8 Å². The Labute approximate surface area is 165 Å². The van der Waals surface area contributed by atoms with Crippen LogP contribution in [0.15, 0.2) is 30.3 Å². The Balaban J connectivity index is 1.62. The summed E-state index contributed by atoms with van der Waals surface area (Å²) >= 11 is 0. The number of nitrogen functional groups attached to an aromatic ring is 1. The lowest BCUT2D eigenvalue weighted by Gasteiger charge is -2.34. The van der Waals surface area contributed by atoms with Crippen LogP contribution in [0.5, 0.6) is 5.88 Å². The largest absolute Gasteiger partial charge is 0.474 e. The summed E-state index contributed by atoms with van der Waals surface area (Å²) in [6.45, 7) is 9.03. The second-order valence-corrected chi connectivity index (χ2v) is 7.79. The summed E-state index contributed by atoms with van der Waals surface area (Å²) in [5.41, 5.74) is 7.29. The van der Waals surface area contributed by atoms with E-state index in [0.717, 1.165) is 11.3 Å². The maximum atomic E-state index is 12.3. The van der Waals surface area contributed by atoms with Gasteiger partial charge in [-0.1, -0.05) is 18.2 Å². The highest BCUT2D eigenvalue weighted by atomic mass is 16.6. The van der Waals surface area contributed by atoms with Crippen LogP contribution < -0.4 is 10.5 Å². The Kier molecular flexibility index (Phi) is 5.79. The van der Waals surface area contributed by atoms with Crippen molar-refractivity contribution in [3.05, 3.63) is 35.9 Å². The van der Waals surface area contributed by atoms with Crippen LogP contribution in [0.1, 0.15) is 26.3 Å². The smallest absolute Gasteiger partial charge is 0.410 e. The molecule has 1 aromatic heterocycles. The highest BCUT2D eigenvalue weighted by Gasteiger charge is 2.29. The van der Waals surface area contributed by atoms with Crippen molar-refractivity contribution in [2.45, 2.75) is 39.4 Å². The van der Waals surface area contributed by atoms with Crippen LogP contribution in [-0.2, 0) is 9.47 Å². The fourth-order valence-corrected chi connectivity index (χ4v) is 2.88. The van der Waals surface area contributed by atoms with Crippen LogP contribution in [0.4, 0.5) is 10.6 Å². The van der Waals surface area contributed by atoms with Crippen molar-refractivity contribution in [2.24, 2.45) is 0 Å². The number of hydrogen-bond donors (Lipinski definition) is 1. The van der Waals surface area contributed by atoms with Crippen molar-refractivity contribution in [3.63, 3.8) is 0 Å². The van der Waals surface area contributed by atoms with Crippen molar-refractivity contribution in [1.82, 2.24) is 14.7 Å². The SMILES string of the molecule is Cc1c(OC[C@@H]2CN(C(=O)OC(C)(C)C)CCO2)nn(-c2ccccc2)c1N. The number of hydrogen-bond acceptors (Lipinski definition) is 6. The van der Waals surface area contributed by atoms with Crippen molar-refractivity contribution < 1.29 is 19.0 Å². The van der Waals surface area contributed by atoms with Crippen LogP contribution in [0.2, 0.25) is 0 Å². The number of benzene rings is 1. The van der Waals surface area contributed by atoms with Crippen molar-refractivity contribution in [2.75, 3.05) is 32.0 Å². The standard InChI is InChI=1S/C20H28N4O4/c1-14-17(21)24(15-8-6-5-7-9-15)22-18(14)27-13-16-12-23(10-11-26-16)19(25)28-20(2,3)4/h5-9,16H,10-13,21H2,1-4H3/t16-/m0/s1. The number of nitrogens with two attached hydrogens (primary N) is 1. The molecule has 0 bridgehead atoms. The maximum absolute atomic E-state index is 12.3. The first kappa shape index (κ1) is 20.0. The van der Waals surface area contributed by atoms with Crippen molar-refractivity contribution in [3.8, 4) is 11.6 Å². The van der Waals surface area contributed by atoms with Gasteiger partial charge < -0.3 is 24.8 Å². The van der Waals surface area contributed by atoms with E-state index in [4.69, 9.17) is 19.9 Å². The summed E-state index contributed by atoms with van der Waals surface area (Å²) in [4.78, 5) is 13.9. The lowest BCUT2D eigenvalue weighted by atomic mass is 10.2. The van der Waals surface area contributed by atoms with Crippen LogP contribution in [0, 0.1) is 6.92 Å². The predicted octanol–water partition coefficient (Wildman–Crippen LogP) is 2.78. The number of nitrogens with zero attached hydrogens (tertiary/aromatic N) is 3. The molecule has 0 aliphatic carbocycles. The second kappa shape index (κ2) is 8.10. The topological polar surface area (TPSA) is 91.8 Å². The van der Waals surface area contributed by atoms with Crippen LogP contribution in [0.3, 0.4) is 0 Å². The van der Waals surface area contributed by atoms with Gasteiger partial charge in [0.2, 0.25) is 5.88 Å². The first-order valence-corrected chi connectivity index (χ1v) is 9.37. The number of para-hydroxylation sites is 1. The first-order valence-electron chi connectivity index (χ1n) is 9.37. The van der Waals surface area contributed by atoms with Crippen molar-refractivity contribution in [1.29, 1.82) is 0 Å². The zero-order valence-corrected chi connectivity index (χ0v) is 16.8. The lowest BCUT2D eigenvalue weighted by Crippen LogP contribution is -2.49. The molecule has 1 aromatic carbocycles. The van der Waals surface area contributed by atoms with E-state index in [1.165, 1.54) is 0 Å². The number of carbonyl (C=O) groups excluding carboxylic acids is 1. The molecule has 1 aliphatic rings. The molecule has 1 atom stereocenters. The zero-order chi connectivity index (χ0) is 20.3. The molecule has 8 heteroatoms. The third-order valence-electron chi connectivity index (χ3n) is 4.32. The number of amides is 1. The van der Waals surface area contributed by atoms with Gasteiger partial charge in [0, 0.05) is 6.54 Å². The summed E-state index contributed by atoms with van der Waals surface area (Å²) in [7, 11) is 0. The summed E-state index contributed by atoms with van der Waals surface area (Å²) in [6, 6.07) is 9.64. The van der Waals surface area contributed by atoms with E-state index in [-0.39, 0.29) is 18.8 Å². The third kappa shape index (κ3) is 4.75. The van der Waals surface area contributed by atoms with Gasteiger partial charge in [-0.3, -0.25) is 0 Å². The molecule has 1 aliphatic heterocycles. The molecule has 152 valence electrons. The second-order valence-electron chi connectivity index (χ2n) is 7.79. The summed E-state index contributed by atoms with van der Waals surface area (Å²) < 4.78 is 18.7. The maximum Gasteiger partial charge on any atom is 0.410 e. The van der Waals surface area contributed by atoms with E-state index in [2.05, 4.69) is 5.10 Å². The van der Waals surface area contributed by atoms with Gasteiger partial charge in [-0.15, -0.1) is 5.10 Å². The third-order valence-corrected chi connectivity index (χ3v) is 4.32. The fourth-order valence-electron chi connectivity index (χ4n) is 2.88. The molecule has 1 fully saturated rings. The molecule has 8 nitrogen and oxygen atoms in total. The molecule has 2 heterocycles. The van der Waals surface area contributed by atoms with Gasteiger partial charge in [0.1, 0.15) is 24.1 Å². The number of aromatic nitrogens is 2. The first-order chi connectivity index (χ1) is 13.2. The van der Waals surface area contributed by atoms with E-state index in [1.807, 2.05) is 58.0 Å². The van der Waals surface area contributed by atoms with Gasteiger partial charge in [0.25, 0.3) is 0 Å². The molecule has 2 N–H and O–H groups in total. The molecular formula is C20H28N4O4. The molecule has 1 amide bonds. The van der Waals surface area contributed by atoms with E-state index >= 15 is 0 Å². The average molecular weight is 388 g/mol. The minimum atomic E-state index is -0.527. The lowest BCUT2D eigenvalue weighted by molar-refractivity contribution is -0.0562. The zero-order valence-electron chi connectivity index (χ0n) is 16.8. The highest BCUT2D eigenvalue weighted by molar-refractivity contribution is 5.68. The quantitative estimate of drug-likeness (QED) is 0.866. The minimum Gasteiger partial charge on any atom is -0.474 e. The van der Waals surface area contributed by atoms with Gasteiger partial charge in [-0.2, -0.15) is 0 Å². The molecule has 0 spiro atoms. The normalized spacial score (nSPS) is 17.4. The molecular weight excluding hydrogens is 360 g/mol. The Bertz CT molecular complexity index is 814. The van der Waals surface area contributed by atoms with Crippen LogP contribution >= 0.6 is 0 Å². The number of ether oxygens (including phenoxy) is 3.